The van der Waals surface area contributed by atoms with E-state index in [2.05, 4.69) is 4.99 Å². The van der Waals surface area contributed by atoms with Crippen LogP contribution >= 0.6 is 11.3 Å². The van der Waals surface area contributed by atoms with Gasteiger partial charge in [-0.3, -0.25) is 4.79 Å². The molecule has 0 aliphatic heterocycles. The molecule has 6 nitrogen and oxygen atoms in total. The van der Waals surface area contributed by atoms with Crippen LogP contribution in [-0.4, -0.2) is 35.8 Å². The molecule has 1 amide bonds. The van der Waals surface area contributed by atoms with Crippen molar-refractivity contribution in [1.82, 2.24) is 8.87 Å². The van der Waals surface area contributed by atoms with Crippen LogP contribution in [0.25, 0.3) is 10.2 Å². The second-order valence-electron chi connectivity index (χ2n) is 8.00. The van der Waals surface area contributed by atoms with Crippen molar-refractivity contribution in [2.75, 3.05) is 6.54 Å². The van der Waals surface area contributed by atoms with E-state index >= 15 is 0 Å². The minimum Gasteiger partial charge on any atom is -0.319 e. The molecule has 1 aliphatic carbocycles. The summed E-state index contributed by atoms with van der Waals surface area (Å²) in [5, 5.41) is 0. The molecule has 3 aromatic rings. The lowest BCUT2D eigenvalue weighted by molar-refractivity contribution is 0.0998. The van der Waals surface area contributed by atoms with Crippen molar-refractivity contribution in [2.45, 2.75) is 50.0 Å². The number of aryl methyl sites for hydroxylation is 1. The minimum absolute atomic E-state index is 0.0351. The number of carbonyl (C=O) groups excluding carboxylic acids is 1. The summed E-state index contributed by atoms with van der Waals surface area (Å²) < 4.78 is 43.9. The van der Waals surface area contributed by atoms with E-state index in [0.717, 1.165) is 37.6 Å². The summed E-state index contributed by atoms with van der Waals surface area (Å²) in [6.45, 7) is 2.28. The van der Waals surface area contributed by atoms with E-state index in [-0.39, 0.29) is 16.8 Å². The SMILES string of the molecule is CCN(C1CCCCC1)S(=O)(=O)c1ccc(C(=O)N=c2sc3cc(F)ccc3n2C)cc1. The smallest absolute Gasteiger partial charge is 0.279 e. The number of nitrogens with zero attached hydrogens (tertiary/aromatic N) is 3. The van der Waals surface area contributed by atoms with Crippen LogP contribution in [0.5, 0.6) is 0 Å². The Hall–Kier alpha value is -2.36. The Kier molecular flexibility index (Phi) is 6.60. The fourth-order valence-corrected chi connectivity index (χ4v) is 7.00. The monoisotopic (exact) mass is 475 g/mol. The number of carbonyl (C=O) groups is 1. The number of hydrogen-bond donors (Lipinski definition) is 0. The van der Waals surface area contributed by atoms with Gasteiger partial charge >= 0.3 is 0 Å². The zero-order valence-electron chi connectivity index (χ0n) is 18.1. The molecule has 170 valence electrons. The Morgan fingerprint density at radius 2 is 1.84 bits per heavy atom. The van der Waals surface area contributed by atoms with Gasteiger partial charge in [-0.2, -0.15) is 9.30 Å². The number of aromatic nitrogens is 1. The molecule has 4 rings (SSSR count). The van der Waals surface area contributed by atoms with Crippen LogP contribution in [0.4, 0.5) is 4.39 Å². The highest BCUT2D eigenvalue weighted by atomic mass is 32.2. The number of sulfonamides is 1. The number of benzene rings is 2. The molecule has 1 heterocycles. The van der Waals surface area contributed by atoms with E-state index in [1.54, 1.807) is 22.0 Å². The second kappa shape index (κ2) is 9.25. The zero-order chi connectivity index (χ0) is 22.9. The van der Waals surface area contributed by atoms with Crippen LogP contribution in [0.3, 0.4) is 0 Å². The first-order chi connectivity index (χ1) is 15.3. The Morgan fingerprint density at radius 3 is 2.50 bits per heavy atom. The summed E-state index contributed by atoms with van der Waals surface area (Å²) in [6.07, 6.45) is 5.03. The highest BCUT2D eigenvalue weighted by Crippen LogP contribution is 2.28. The van der Waals surface area contributed by atoms with Gasteiger partial charge in [0.05, 0.1) is 15.1 Å². The average molecular weight is 476 g/mol. The lowest BCUT2D eigenvalue weighted by Crippen LogP contribution is -2.41. The third-order valence-corrected chi connectivity index (χ3v) is 9.11. The molecule has 1 aliphatic rings. The molecule has 0 radical (unpaired) electrons. The first-order valence-electron chi connectivity index (χ1n) is 10.8. The van der Waals surface area contributed by atoms with Crippen LogP contribution < -0.4 is 4.80 Å². The molecule has 1 aromatic heterocycles. The first kappa shape index (κ1) is 22.8. The van der Waals surface area contributed by atoms with Crippen molar-refractivity contribution in [3.63, 3.8) is 0 Å². The van der Waals surface area contributed by atoms with E-state index in [1.165, 1.54) is 47.7 Å². The molecule has 1 saturated carbocycles. The molecule has 0 spiro atoms. The first-order valence-corrected chi connectivity index (χ1v) is 13.0. The van der Waals surface area contributed by atoms with Crippen LogP contribution in [0.15, 0.2) is 52.4 Å². The number of hydrogen-bond acceptors (Lipinski definition) is 4. The van der Waals surface area contributed by atoms with E-state index in [0.29, 0.717) is 21.6 Å². The highest BCUT2D eigenvalue weighted by Gasteiger charge is 2.31. The van der Waals surface area contributed by atoms with Crippen molar-refractivity contribution >= 4 is 37.5 Å². The van der Waals surface area contributed by atoms with Crippen molar-refractivity contribution in [3.05, 3.63) is 58.6 Å². The molecule has 0 bridgehead atoms. The fraction of sp³-hybridized carbons (Fsp3) is 0.391. The van der Waals surface area contributed by atoms with Crippen molar-refractivity contribution in [3.8, 4) is 0 Å². The number of rotatable bonds is 5. The molecule has 0 unspecified atom stereocenters. The van der Waals surface area contributed by atoms with Crippen LogP contribution in [-0.2, 0) is 17.1 Å². The summed E-state index contributed by atoms with van der Waals surface area (Å²) in [6, 6.07) is 10.4. The van der Waals surface area contributed by atoms with Gasteiger partial charge in [-0.1, -0.05) is 37.5 Å². The third kappa shape index (κ3) is 4.42. The van der Waals surface area contributed by atoms with Crippen molar-refractivity contribution < 1.29 is 17.6 Å². The molecular weight excluding hydrogens is 449 g/mol. The average Bonchev–Trinajstić information content (AvgIpc) is 3.09. The highest BCUT2D eigenvalue weighted by molar-refractivity contribution is 7.89. The van der Waals surface area contributed by atoms with E-state index < -0.39 is 15.9 Å². The second-order valence-corrected chi connectivity index (χ2v) is 10.9. The van der Waals surface area contributed by atoms with Gasteiger partial charge in [-0.25, -0.2) is 12.8 Å². The van der Waals surface area contributed by atoms with Gasteiger partial charge in [0.25, 0.3) is 5.91 Å². The number of amides is 1. The molecule has 1 fully saturated rings. The number of halogens is 1. The molecular formula is C23H26FN3O3S2. The molecule has 0 atom stereocenters. The topological polar surface area (TPSA) is 71.7 Å². The number of fused-ring (bicyclic) bond motifs is 1. The predicted octanol–water partition coefficient (Wildman–Crippen LogP) is 4.46. The fourth-order valence-electron chi connectivity index (χ4n) is 4.26. The van der Waals surface area contributed by atoms with Gasteiger partial charge in [0.2, 0.25) is 10.0 Å². The number of thiazole rings is 1. The maximum Gasteiger partial charge on any atom is 0.279 e. The van der Waals surface area contributed by atoms with Crippen molar-refractivity contribution in [2.24, 2.45) is 12.0 Å². The zero-order valence-corrected chi connectivity index (χ0v) is 19.8. The summed E-state index contributed by atoms with van der Waals surface area (Å²) in [7, 11) is -1.86. The maximum atomic E-state index is 13.5. The normalized spacial score (nSPS) is 16.2. The van der Waals surface area contributed by atoms with Gasteiger partial charge in [0.15, 0.2) is 4.80 Å². The summed E-state index contributed by atoms with van der Waals surface area (Å²) >= 11 is 1.22. The lowest BCUT2D eigenvalue weighted by atomic mass is 9.95. The molecule has 2 aromatic carbocycles. The Morgan fingerprint density at radius 1 is 1.16 bits per heavy atom. The van der Waals surface area contributed by atoms with Gasteiger partial charge in [-0.05, 0) is 55.3 Å². The van der Waals surface area contributed by atoms with Gasteiger partial charge in [0.1, 0.15) is 5.82 Å². The van der Waals surface area contributed by atoms with Crippen LogP contribution in [0, 0.1) is 5.82 Å². The Bertz CT molecular complexity index is 1300. The largest absolute Gasteiger partial charge is 0.319 e. The van der Waals surface area contributed by atoms with Gasteiger partial charge in [-0.15, -0.1) is 0 Å². The summed E-state index contributed by atoms with van der Waals surface area (Å²) in [4.78, 5) is 17.5. The lowest BCUT2D eigenvalue weighted by Gasteiger charge is -2.32. The third-order valence-electron chi connectivity index (χ3n) is 5.97. The van der Waals surface area contributed by atoms with Crippen molar-refractivity contribution in [1.29, 1.82) is 0 Å². The quantitative estimate of drug-likeness (QED) is 0.547. The van der Waals surface area contributed by atoms with Gasteiger partial charge in [0, 0.05) is 25.2 Å². The van der Waals surface area contributed by atoms with Crippen LogP contribution in [0.2, 0.25) is 0 Å². The summed E-state index contributed by atoms with van der Waals surface area (Å²) in [5.41, 5.74) is 1.08. The Labute approximate surface area is 191 Å². The van der Waals surface area contributed by atoms with E-state index in [4.69, 9.17) is 0 Å². The molecule has 32 heavy (non-hydrogen) atoms. The predicted molar refractivity (Wildman–Crippen MR) is 124 cm³/mol. The van der Waals surface area contributed by atoms with Gasteiger partial charge < -0.3 is 4.57 Å². The van der Waals surface area contributed by atoms with E-state index in [9.17, 15) is 17.6 Å². The molecule has 0 N–H and O–H groups in total. The van der Waals surface area contributed by atoms with E-state index in [1.807, 2.05) is 6.92 Å². The minimum atomic E-state index is -3.63. The molecule has 0 saturated heterocycles. The Balaban J connectivity index is 1.60. The van der Waals surface area contributed by atoms with Crippen LogP contribution in [0.1, 0.15) is 49.4 Å². The molecule has 9 heteroatoms. The summed E-state index contributed by atoms with van der Waals surface area (Å²) in [5.74, 6) is -0.820. The maximum absolute atomic E-state index is 13.5. The standard InChI is InChI=1S/C23H26FN3O3S2/c1-3-27(18-7-5-4-6-8-18)32(29,30)19-12-9-16(10-13-19)22(28)25-23-26(2)20-14-11-17(24)15-21(20)31-23/h9-15,18H,3-8H2,1-2H3.